The van der Waals surface area contributed by atoms with E-state index in [1.54, 1.807) is 31.2 Å². The molecule has 0 radical (unpaired) electrons. The molecule has 0 unspecified atom stereocenters. The van der Waals surface area contributed by atoms with Crippen molar-refractivity contribution in [2.24, 2.45) is 0 Å². The lowest BCUT2D eigenvalue weighted by atomic mass is 10.1. The fourth-order valence-electron chi connectivity index (χ4n) is 2.36. The number of methoxy groups -OCH3 is 3. The molecule has 1 amide bonds. The minimum atomic E-state index is -0.713. The molecule has 0 heterocycles. The van der Waals surface area contributed by atoms with Gasteiger partial charge in [-0.25, -0.2) is 9.59 Å². The molecular formula is C20H21NO7. The number of aryl methyl sites for hydroxylation is 1. The summed E-state index contributed by atoms with van der Waals surface area (Å²) in [4.78, 5) is 36.0. The van der Waals surface area contributed by atoms with Gasteiger partial charge in [-0.05, 0) is 36.8 Å². The average molecular weight is 387 g/mol. The van der Waals surface area contributed by atoms with Crippen LogP contribution in [0.1, 0.15) is 26.3 Å². The van der Waals surface area contributed by atoms with Crippen LogP contribution in [0.3, 0.4) is 0 Å². The first-order valence-corrected chi connectivity index (χ1v) is 8.27. The molecule has 0 saturated heterocycles. The third-order valence-electron chi connectivity index (χ3n) is 3.90. The second-order valence-electron chi connectivity index (χ2n) is 5.71. The molecule has 0 aliphatic heterocycles. The number of hydrogen-bond donors (Lipinski definition) is 1. The lowest BCUT2D eigenvalue weighted by Gasteiger charge is -2.12. The SMILES string of the molecule is COC(=O)c1ccc(C)c(NC(=O)COC(=O)c2ccc(OC)cc2OC)c1. The van der Waals surface area contributed by atoms with Crippen LogP contribution >= 0.6 is 0 Å². The molecule has 8 nitrogen and oxygen atoms in total. The second kappa shape index (κ2) is 9.40. The number of rotatable bonds is 7. The Kier molecular flexibility index (Phi) is 6.97. The van der Waals surface area contributed by atoms with E-state index in [0.717, 1.165) is 5.56 Å². The first-order chi connectivity index (χ1) is 13.4. The van der Waals surface area contributed by atoms with Crippen LogP contribution in [-0.4, -0.2) is 45.8 Å². The van der Waals surface area contributed by atoms with E-state index in [1.807, 2.05) is 0 Å². The van der Waals surface area contributed by atoms with Crippen molar-refractivity contribution in [1.82, 2.24) is 0 Å². The van der Waals surface area contributed by atoms with Gasteiger partial charge in [0.15, 0.2) is 6.61 Å². The number of ether oxygens (including phenoxy) is 4. The molecule has 28 heavy (non-hydrogen) atoms. The topological polar surface area (TPSA) is 100 Å². The van der Waals surface area contributed by atoms with Gasteiger partial charge in [0.25, 0.3) is 5.91 Å². The number of esters is 2. The smallest absolute Gasteiger partial charge is 0.342 e. The Morgan fingerprint density at radius 1 is 0.929 bits per heavy atom. The lowest BCUT2D eigenvalue weighted by Crippen LogP contribution is -2.21. The first-order valence-electron chi connectivity index (χ1n) is 8.27. The summed E-state index contributed by atoms with van der Waals surface area (Å²) < 4.78 is 19.9. The van der Waals surface area contributed by atoms with E-state index < -0.39 is 24.5 Å². The molecule has 0 atom stereocenters. The van der Waals surface area contributed by atoms with E-state index in [2.05, 4.69) is 10.1 Å². The average Bonchev–Trinajstić information content (AvgIpc) is 2.72. The third kappa shape index (κ3) is 5.00. The van der Waals surface area contributed by atoms with Crippen molar-refractivity contribution in [3.63, 3.8) is 0 Å². The zero-order valence-corrected chi connectivity index (χ0v) is 16.0. The number of nitrogens with one attached hydrogen (secondary N) is 1. The fraction of sp³-hybridized carbons (Fsp3) is 0.250. The van der Waals surface area contributed by atoms with Crippen LogP contribution in [0.15, 0.2) is 36.4 Å². The van der Waals surface area contributed by atoms with E-state index in [1.165, 1.54) is 33.5 Å². The van der Waals surface area contributed by atoms with Crippen molar-refractivity contribution in [3.05, 3.63) is 53.1 Å². The molecule has 8 heteroatoms. The van der Waals surface area contributed by atoms with Gasteiger partial charge in [-0.15, -0.1) is 0 Å². The molecule has 2 rings (SSSR count). The molecule has 148 valence electrons. The van der Waals surface area contributed by atoms with Crippen LogP contribution < -0.4 is 14.8 Å². The molecule has 0 saturated carbocycles. The first kappa shape index (κ1) is 20.8. The predicted molar refractivity (Wildman–Crippen MR) is 101 cm³/mol. The van der Waals surface area contributed by atoms with Gasteiger partial charge in [0.2, 0.25) is 0 Å². The number of amides is 1. The van der Waals surface area contributed by atoms with Crippen molar-refractivity contribution in [1.29, 1.82) is 0 Å². The van der Waals surface area contributed by atoms with Gasteiger partial charge in [0.1, 0.15) is 17.1 Å². The lowest BCUT2D eigenvalue weighted by molar-refractivity contribution is -0.119. The van der Waals surface area contributed by atoms with Crippen LogP contribution in [0.2, 0.25) is 0 Å². The maximum Gasteiger partial charge on any atom is 0.342 e. The molecule has 0 aliphatic rings. The molecule has 1 N–H and O–H groups in total. The largest absolute Gasteiger partial charge is 0.497 e. The number of anilines is 1. The minimum Gasteiger partial charge on any atom is -0.497 e. The molecule has 0 aliphatic carbocycles. The van der Waals surface area contributed by atoms with Crippen LogP contribution in [0.5, 0.6) is 11.5 Å². The van der Waals surface area contributed by atoms with E-state index in [9.17, 15) is 14.4 Å². The highest BCUT2D eigenvalue weighted by Gasteiger charge is 2.17. The van der Waals surface area contributed by atoms with Gasteiger partial charge >= 0.3 is 11.9 Å². The highest BCUT2D eigenvalue weighted by atomic mass is 16.5. The Balaban J connectivity index is 2.03. The van der Waals surface area contributed by atoms with Gasteiger partial charge in [-0.2, -0.15) is 0 Å². The maximum atomic E-state index is 12.2. The standard InChI is InChI=1S/C20H21NO7/c1-12-5-6-13(19(23)27-4)9-16(12)21-18(22)11-28-20(24)15-8-7-14(25-2)10-17(15)26-3/h5-10H,11H2,1-4H3,(H,21,22). The summed E-state index contributed by atoms with van der Waals surface area (Å²) in [6.07, 6.45) is 0. The van der Waals surface area contributed by atoms with Crippen LogP contribution in [0, 0.1) is 6.92 Å². The van der Waals surface area contributed by atoms with Crippen LogP contribution in [-0.2, 0) is 14.3 Å². The summed E-state index contributed by atoms with van der Waals surface area (Å²) in [6.45, 7) is 1.26. The highest BCUT2D eigenvalue weighted by Crippen LogP contribution is 2.25. The number of carbonyl (C=O) groups excluding carboxylic acids is 3. The molecule has 2 aromatic rings. The Labute approximate surface area is 162 Å². The Hall–Kier alpha value is -3.55. The number of carbonyl (C=O) groups is 3. The van der Waals surface area contributed by atoms with E-state index in [4.69, 9.17) is 14.2 Å². The number of hydrogen-bond acceptors (Lipinski definition) is 7. The van der Waals surface area contributed by atoms with Gasteiger partial charge in [0, 0.05) is 11.8 Å². The van der Waals surface area contributed by atoms with Gasteiger partial charge < -0.3 is 24.3 Å². The fourth-order valence-corrected chi connectivity index (χ4v) is 2.36. The highest BCUT2D eigenvalue weighted by molar-refractivity contribution is 5.98. The van der Waals surface area contributed by atoms with Crippen LogP contribution in [0.4, 0.5) is 5.69 Å². The van der Waals surface area contributed by atoms with Crippen molar-refractivity contribution in [2.45, 2.75) is 6.92 Å². The van der Waals surface area contributed by atoms with E-state index >= 15 is 0 Å². The van der Waals surface area contributed by atoms with Crippen molar-refractivity contribution in [2.75, 3.05) is 33.3 Å². The minimum absolute atomic E-state index is 0.167. The normalized spacial score (nSPS) is 10.0. The predicted octanol–water partition coefficient (Wildman–Crippen LogP) is 2.59. The number of benzene rings is 2. The monoisotopic (exact) mass is 387 g/mol. The third-order valence-corrected chi connectivity index (χ3v) is 3.90. The van der Waals surface area contributed by atoms with Gasteiger partial charge in [-0.1, -0.05) is 6.07 Å². The maximum absolute atomic E-state index is 12.2. The Bertz CT molecular complexity index is 892. The Morgan fingerprint density at radius 3 is 2.32 bits per heavy atom. The zero-order valence-electron chi connectivity index (χ0n) is 16.0. The van der Waals surface area contributed by atoms with E-state index in [0.29, 0.717) is 17.0 Å². The summed E-state index contributed by atoms with van der Waals surface area (Å²) in [6, 6.07) is 9.37. The summed E-state index contributed by atoms with van der Waals surface area (Å²) in [7, 11) is 4.18. The van der Waals surface area contributed by atoms with Gasteiger partial charge in [-0.3, -0.25) is 4.79 Å². The van der Waals surface area contributed by atoms with Gasteiger partial charge in [0.05, 0.1) is 26.9 Å². The summed E-state index contributed by atoms with van der Waals surface area (Å²) in [5, 5.41) is 2.61. The molecule has 0 fully saturated rings. The molecule has 0 aromatic heterocycles. The summed E-state index contributed by atoms with van der Waals surface area (Å²) in [5.74, 6) is -0.993. The molecule has 2 aromatic carbocycles. The van der Waals surface area contributed by atoms with Crippen LogP contribution in [0.25, 0.3) is 0 Å². The van der Waals surface area contributed by atoms with Crippen molar-refractivity contribution in [3.8, 4) is 11.5 Å². The summed E-state index contributed by atoms with van der Waals surface area (Å²) in [5.41, 5.74) is 1.62. The quantitative estimate of drug-likeness (QED) is 0.729. The summed E-state index contributed by atoms with van der Waals surface area (Å²) >= 11 is 0. The van der Waals surface area contributed by atoms with E-state index in [-0.39, 0.29) is 11.3 Å². The van der Waals surface area contributed by atoms with Crippen molar-refractivity contribution >= 4 is 23.5 Å². The zero-order chi connectivity index (χ0) is 20.7. The molecular weight excluding hydrogens is 366 g/mol. The second-order valence-corrected chi connectivity index (χ2v) is 5.71. The molecule has 0 bridgehead atoms. The van der Waals surface area contributed by atoms with Crippen molar-refractivity contribution < 1.29 is 33.3 Å². The Morgan fingerprint density at radius 2 is 1.68 bits per heavy atom. The molecule has 0 spiro atoms.